The number of carbonyl (C=O) groups is 1. The predicted octanol–water partition coefficient (Wildman–Crippen LogP) is 0.674. The first-order valence-electron chi connectivity index (χ1n) is 4.60. The van der Waals surface area contributed by atoms with Crippen molar-refractivity contribution in [2.45, 2.75) is 13.0 Å². The highest BCUT2D eigenvalue weighted by Crippen LogP contribution is 2.17. The van der Waals surface area contributed by atoms with Crippen LogP contribution in [0.3, 0.4) is 0 Å². The average Bonchev–Trinajstić information content (AvgIpc) is 2.21. The topological polar surface area (TPSA) is 84.6 Å². The van der Waals surface area contributed by atoms with E-state index >= 15 is 0 Å². The Labute approximate surface area is 87.8 Å². The highest BCUT2D eigenvalue weighted by Gasteiger charge is 2.17. The summed E-state index contributed by atoms with van der Waals surface area (Å²) in [6, 6.07) is 5.88. The van der Waals surface area contributed by atoms with Gasteiger partial charge < -0.3 is 9.84 Å². The number of benzene rings is 1. The van der Waals surface area contributed by atoms with E-state index in [1.165, 1.54) is 0 Å². The molecule has 0 bridgehead atoms. The molecule has 0 aromatic heterocycles. The van der Waals surface area contributed by atoms with Crippen LogP contribution in [-0.4, -0.2) is 17.7 Å². The molecule has 0 saturated heterocycles. The lowest BCUT2D eigenvalue weighted by Gasteiger charge is -2.11. The Hall–Kier alpha value is -1.59. The Kier molecular flexibility index (Phi) is 4.08. The van der Waals surface area contributed by atoms with Crippen molar-refractivity contribution in [3.05, 3.63) is 29.8 Å². The fourth-order valence-corrected chi connectivity index (χ4v) is 1.23. The maximum atomic E-state index is 10.8. The van der Waals surface area contributed by atoms with Gasteiger partial charge in [-0.25, -0.2) is 5.43 Å². The molecule has 0 aliphatic rings. The van der Waals surface area contributed by atoms with Crippen LogP contribution in [0.4, 0.5) is 0 Å². The zero-order valence-corrected chi connectivity index (χ0v) is 8.43. The second-order valence-corrected chi connectivity index (χ2v) is 2.94. The summed E-state index contributed by atoms with van der Waals surface area (Å²) in [4.78, 5) is 10.8. The van der Waals surface area contributed by atoms with Crippen molar-refractivity contribution in [2.75, 3.05) is 6.61 Å². The number of carboxylic acid groups (broad SMARTS) is 1. The van der Waals surface area contributed by atoms with Gasteiger partial charge in [0.05, 0.1) is 6.61 Å². The highest BCUT2D eigenvalue weighted by atomic mass is 16.5. The fourth-order valence-electron chi connectivity index (χ4n) is 1.23. The van der Waals surface area contributed by atoms with Crippen LogP contribution in [0.1, 0.15) is 18.5 Å². The van der Waals surface area contributed by atoms with Crippen molar-refractivity contribution in [2.24, 2.45) is 5.84 Å². The van der Waals surface area contributed by atoms with Crippen molar-refractivity contribution in [3.63, 3.8) is 0 Å². The molecule has 1 unspecified atom stereocenters. The molecule has 1 aromatic carbocycles. The van der Waals surface area contributed by atoms with Gasteiger partial charge in [0.1, 0.15) is 11.8 Å². The smallest absolute Gasteiger partial charge is 0.326 e. The normalized spacial score (nSPS) is 12.1. The van der Waals surface area contributed by atoms with Gasteiger partial charge in [-0.2, -0.15) is 0 Å². The Morgan fingerprint density at radius 3 is 2.53 bits per heavy atom. The molecule has 0 aliphatic carbocycles. The number of aliphatic carboxylic acids is 1. The van der Waals surface area contributed by atoms with E-state index in [0.717, 1.165) is 0 Å². The van der Waals surface area contributed by atoms with Gasteiger partial charge in [-0.05, 0) is 24.6 Å². The maximum absolute atomic E-state index is 10.8. The maximum Gasteiger partial charge on any atom is 0.326 e. The van der Waals surface area contributed by atoms with E-state index in [9.17, 15) is 4.79 Å². The second-order valence-electron chi connectivity index (χ2n) is 2.94. The molecule has 1 rings (SSSR count). The number of hydrogen-bond acceptors (Lipinski definition) is 4. The third-order valence-corrected chi connectivity index (χ3v) is 1.94. The van der Waals surface area contributed by atoms with E-state index in [2.05, 4.69) is 5.43 Å². The third kappa shape index (κ3) is 2.93. The van der Waals surface area contributed by atoms with Crippen LogP contribution in [0, 0.1) is 0 Å². The zero-order chi connectivity index (χ0) is 11.3. The molecular weight excluding hydrogens is 196 g/mol. The van der Waals surface area contributed by atoms with Gasteiger partial charge in [-0.1, -0.05) is 12.1 Å². The Balaban J connectivity index is 2.82. The van der Waals surface area contributed by atoms with Crippen LogP contribution < -0.4 is 16.0 Å². The van der Waals surface area contributed by atoms with E-state index in [4.69, 9.17) is 15.7 Å². The van der Waals surface area contributed by atoms with E-state index in [1.54, 1.807) is 24.3 Å². The quantitative estimate of drug-likeness (QED) is 0.491. The standard InChI is InChI=1S/C10H14N2O3/c1-2-15-8-5-3-7(4-6-8)9(12-11)10(13)14/h3-6,9,12H,2,11H2,1H3,(H,13,14). The number of ether oxygens (including phenoxy) is 1. The first-order valence-corrected chi connectivity index (χ1v) is 4.60. The predicted molar refractivity (Wildman–Crippen MR) is 55.3 cm³/mol. The van der Waals surface area contributed by atoms with E-state index in [-0.39, 0.29) is 0 Å². The van der Waals surface area contributed by atoms with Crippen LogP contribution in [-0.2, 0) is 4.79 Å². The molecule has 0 heterocycles. The SMILES string of the molecule is CCOc1ccc(C(NN)C(=O)O)cc1. The molecule has 82 valence electrons. The summed E-state index contributed by atoms with van der Waals surface area (Å²) in [5.41, 5.74) is 2.82. The molecule has 1 aromatic rings. The van der Waals surface area contributed by atoms with Crippen molar-refractivity contribution in [1.82, 2.24) is 5.43 Å². The summed E-state index contributed by atoms with van der Waals surface area (Å²) >= 11 is 0. The van der Waals surface area contributed by atoms with E-state index in [1.807, 2.05) is 6.92 Å². The summed E-state index contributed by atoms with van der Waals surface area (Å²) in [6.45, 7) is 2.46. The van der Waals surface area contributed by atoms with Crippen LogP contribution in [0.5, 0.6) is 5.75 Å². The summed E-state index contributed by atoms with van der Waals surface area (Å²) in [7, 11) is 0. The first kappa shape index (κ1) is 11.5. The van der Waals surface area contributed by atoms with Crippen molar-refractivity contribution in [1.29, 1.82) is 0 Å². The monoisotopic (exact) mass is 210 g/mol. The lowest BCUT2D eigenvalue weighted by molar-refractivity contribution is -0.139. The van der Waals surface area contributed by atoms with Gasteiger partial charge in [0, 0.05) is 0 Å². The average molecular weight is 210 g/mol. The van der Waals surface area contributed by atoms with Crippen LogP contribution in [0.2, 0.25) is 0 Å². The van der Waals surface area contributed by atoms with Gasteiger partial charge >= 0.3 is 5.97 Å². The van der Waals surface area contributed by atoms with Gasteiger partial charge in [-0.3, -0.25) is 10.6 Å². The molecule has 0 radical (unpaired) electrons. The Morgan fingerprint density at radius 2 is 2.13 bits per heavy atom. The number of hydrogen-bond donors (Lipinski definition) is 3. The molecule has 4 N–H and O–H groups in total. The van der Waals surface area contributed by atoms with E-state index < -0.39 is 12.0 Å². The van der Waals surface area contributed by atoms with Crippen LogP contribution >= 0.6 is 0 Å². The van der Waals surface area contributed by atoms with Crippen molar-refractivity contribution in [3.8, 4) is 5.75 Å². The minimum absolute atomic E-state index is 0.580. The minimum Gasteiger partial charge on any atom is -0.494 e. The summed E-state index contributed by atoms with van der Waals surface area (Å²) < 4.78 is 5.24. The molecule has 0 aliphatic heterocycles. The summed E-state index contributed by atoms with van der Waals surface area (Å²) in [5, 5.41) is 8.83. The Bertz CT molecular complexity index is 324. The van der Waals surface area contributed by atoms with Gasteiger partial charge in [-0.15, -0.1) is 0 Å². The third-order valence-electron chi connectivity index (χ3n) is 1.94. The molecule has 5 heteroatoms. The number of nitrogens with two attached hydrogens (primary N) is 1. The lowest BCUT2D eigenvalue weighted by Crippen LogP contribution is -2.33. The van der Waals surface area contributed by atoms with Gasteiger partial charge in [0.2, 0.25) is 0 Å². The summed E-state index contributed by atoms with van der Waals surface area (Å²) in [6.07, 6.45) is 0. The molecule has 15 heavy (non-hydrogen) atoms. The van der Waals surface area contributed by atoms with Crippen LogP contribution in [0.25, 0.3) is 0 Å². The molecule has 0 fully saturated rings. The molecule has 0 amide bonds. The van der Waals surface area contributed by atoms with Gasteiger partial charge in [0.25, 0.3) is 0 Å². The first-order chi connectivity index (χ1) is 7.19. The lowest BCUT2D eigenvalue weighted by atomic mass is 10.1. The Morgan fingerprint density at radius 1 is 1.53 bits per heavy atom. The van der Waals surface area contributed by atoms with E-state index in [0.29, 0.717) is 17.9 Å². The van der Waals surface area contributed by atoms with Crippen LogP contribution in [0.15, 0.2) is 24.3 Å². The minimum atomic E-state index is -1.01. The fraction of sp³-hybridized carbons (Fsp3) is 0.300. The largest absolute Gasteiger partial charge is 0.494 e. The zero-order valence-electron chi connectivity index (χ0n) is 8.43. The van der Waals surface area contributed by atoms with Crippen molar-refractivity contribution < 1.29 is 14.6 Å². The second kappa shape index (κ2) is 5.33. The molecule has 0 spiro atoms. The number of hydrazine groups is 1. The molecule has 1 atom stereocenters. The number of carboxylic acids is 1. The molecular formula is C10H14N2O3. The van der Waals surface area contributed by atoms with Crippen molar-refractivity contribution >= 4 is 5.97 Å². The summed E-state index contributed by atoms with van der Waals surface area (Å²) in [5.74, 6) is 4.84. The molecule has 0 saturated carbocycles. The highest BCUT2D eigenvalue weighted by molar-refractivity contribution is 5.75. The molecule has 5 nitrogen and oxygen atoms in total. The number of rotatable bonds is 5. The van der Waals surface area contributed by atoms with Gasteiger partial charge in [0.15, 0.2) is 0 Å². The number of nitrogens with one attached hydrogen (secondary N) is 1.